The molecule has 0 aliphatic rings. The van der Waals surface area contributed by atoms with Gasteiger partial charge in [0.25, 0.3) is 0 Å². The smallest absolute Gasteiger partial charge is 0.394 e. The van der Waals surface area contributed by atoms with Crippen LogP contribution in [0.5, 0.6) is 0 Å². The maximum absolute atomic E-state index is 8.88. The van der Waals surface area contributed by atoms with E-state index in [1.165, 1.54) is 0 Å². The standard InChI is InChI=1S/C4H11NO3.4H3O4P/c5-4(1-6,2-7)3-8;4*1-5(2,3)4/h6-8H,1-3,5H2;4*(H3,1,2,3,4). The minimum absolute atomic E-state index is 0.403. The molecular formula is C4H23NO19P4. The van der Waals surface area contributed by atoms with Crippen molar-refractivity contribution >= 4 is 31.3 Å². The second-order valence-corrected chi connectivity index (χ2v) is 8.00. The zero-order valence-electron chi connectivity index (χ0n) is 13.3. The fourth-order valence-corrected chi connectivity index (χ4v) is 0.150. The molecule has 0 saturated heterocycles. The van der Waals surface area contributed by atoms with Crippen LogP contribution in [0.25, 0.3) is 0 Å². The van der Waals surface area contributed by atoms with Crippen LogP contribution in [0.3, 0.4) is 0 Å². The van der Waals surface area contributed by atoms with Gasteiger partial charge in [-0.15, -0.1) is 0 Å². The van der Waals surface area contributed by atoms with Gasteiger partial charge in [-0.05, 0) is 0 Å². The van der Waals surface area contributed by atoms with Crippen LogP contribution in [0.4, 0.5) is 0 Å². The van der Waals surface area contributed by atoms with Crippen LogP contribution in [0.2, 0.25) is 0 Å². The molecule has 0 rings (SSSR count). The van der Waals surface area contributed by atoms with Crippen LogP contribution in [0.1, 0.15) is 0 Å². The molecule has 0 fully saturated rings. The zero-order valence-corrected chi connectivity index (χ0v) is 16.9. The highest BCUT2D eigenvalue weighted by Gasteiger charge is 2.20. The third-order valence-corrected chi connectivity index (χ3v) is 0.945. The normalized spacial score (nSPS) is 11.9. The number of nitrogens with two attached hydrogens (primary N) is 1. The van der Waals surface area contributed by atoms with Crippen molar-refractivity contribution in [1.82, 2.24) is 0 Å². The predicted octanol–water partition coefficient (Wildman–Crippen LogP) is -6.05. The lowest BCUT2D eigenvalue weighted by Gasteiger charge is -2.20. The van der Waals surface area contributed by atoms with Gasteiger partial charge in [-0.25, -0.2) is 18.3 Å². The summed E-state index contributed by atoms with van der Waals surface area (Å²) in [7, 11) is -18.6. The Morgan fingerprint density at radius 2 is 0.536 bits per heavy atom. The molecule has 0 spiro atoms. The third kappa shape index (κ3) is 195. The van der Waals surface area contributed by atoms with Crippen molar-refractivity contribution in [2.75, 3.05) is 19.8 Å². The third-order valence-electron chi connectivity index (χ3n) is 0.945. The lowest BCUT2D eigenvalue weighted by atomic mass is 10.1. The van der Waals surface area contributed by atoms with Crippen molar-refractivity contribution in [3.63, 3.8) is 0 Å². The highest BCUT2D eigenvalue weighted by Crippen LogP contribution is 2.27. The van der Waals surface area contributed by atoms with Gasteiger partial charge in [-0.2, -0.15) is 0 Å². The molecule has 28 heavy (non-hydrogen) atoms. The molecule has 0 bridgehead atoms. The van der Waals surface area contributed by atoms with Crippen LogP contribution < -0.4 is 5.73 Å². The van der Waals surface area contributed by atoms with Crippen LogP contribution in [0.15, 0.2) is 0 Å². The summed E-state index contributed by atoms with van der Waals surface area (Å²) in [5.41, 5.74) is 3.94. The molecule has 0 aromatic carbocycles. The molecular weight excluding hydrogens is 490 g/mol. The molecule has 0 heterocycles. The van der Waals surface area contributed by atoms with Gasteiger partial charge in [0.05, 0.1) is 25.4 Å². The van der Waals surface area contributed by atoms with Gasteiger partial charge >= 0.3 is 31.3 Å². The summed E-state index contributed by atoms with van der Waals surface area (Å²) < 4.78 is 35.5. The van der Waals surface area contributed by atoms with Crippen molar-refractivity contribution in [1.29, 1.82) is 0 Å². The molecule has 0 atom stereocenters. The van der Waals surface area contributed by atoms with E-state index in [1.54, 1.807) is 0 Å². The monoisotopic (exact) mass is 513 g/mol. The quantitative estimate of drug-likeness (QED) is 0.156. The Labute approximate surface area is 155 Å². The average Bonchev–Trinajstić information content (AvgIpc) is 2.29. The van der Waals surface area contributed by atoms with E-state index in [-0.39, 0.29) is 0 Å². The minimum atomic E-state index is -4.64. The van der Waals surface area contributed by atoms with Gasteiger partial charge in [0.2, 0.25) is 0 Å². The van der Waals surface area contributed by atoms with Crippen LogP contribution in [-0.2, 0) is 18.3 Å². The Balaban J connectivity index is -0.0000000802. The zero-order chi connectivity index (χ0) is 24.6. The van der Waals surface area contributed by atoms with Crippen LogP contribution >= 0.6 is 31.3 Å². The average molecular weight is 513 g/mol. The SMILES string of the molecule is NC(CO)(CO)CO.O=P(O)(O)O.O=P(O)(O)O.O=P(O)(O)O.O=P(O)(O)O. The molecule has 24 heteroatoms. The number of hydrogen-bond acceptors (Lipinski definition) is 8. The Morgan fingerprint density at radius 3 is 0.536 bits per heavy atom. The summed E-state index contributed by atoms with van der Waals surface area (Å²) in [6, 6.07) is 0. The Hall–Kier alpha value is 0.280. The Bertz CT molecular complexity index is 413. The van der Waals surface area contributed by atoms with E-state index in [2.05, 4.69) is 0 Å². The van der Waals surface area contributed by atoms with Crippen molar-refractivity contribution in [3.8, 4) is 0 Å². The van der Waals surface area contributed by atoms with Gasteiger partial charge in [-0.1, -0.05) is 0 Å². The van der Waals surface area contributed by atoms with Crippen molar-refractivity contribution < 1.29 is 92.3 Å². The number of rotatable bonds is 3. The second-order valence-electron chi connectivity index (χ2n) is 3.89. The highest BCUT2D eigenvalue weighted by atomic mass is 31.2. The molecule has 17 N–H and O–H groups in total. The van der Waals surface area contributed by atoms with Gasteiger partial charge < -0.3 is 79.8 Å². The first-order valence-corrected chi connectivity index (χ1v) is 11.7. The molecule has 178 valence electrons. The molecule has 0 unspecified atom stereocenters. The number of phosphoric acid groups is 4. The second kappa shape index (κ2) is 17.0. The largest absolute Gasteiger partial charge is 0.466 e. The number of aliphatic hydroxyl groups is 3. The molecule has 20 nitrogen and oxygen atoms in total. The summed E-state index contributed by atoms with van der Waals surface area (Å²) in [5.74, 6) is 0. The van der Waals surface area contributed by atoms with E-state index in [9.17, 15) is 0 Å². The minimum Gasteiger partial charge on any atom is -0.394 e. The first kappa shape index (κ1) is 38.8. The summed E-state index contributed by atoms with van der Waals surface area (Å²) in [5, 5.41) is 25.0. The molecule has 0 aromatic rings. The lowest BCUT2D eigenvalue weighted by Crippen LogP contribution is -2.50. The van der Waals surface area contributed by atoms with Gasteiger partial charge in [-0.3, -0.25) is 0 Å². The molecule has 0 radical (unpaired) electrons. The molecule has 0 saturated carbocycles. The maximum atomic E-state index is 8.88. The van der Waals surface area contributed by atoms with Crippen LogP contribution in [0, 0.1) is 0 Å². The summed E-state index contributed by atoms with van der Waals surface area (Å²) in [6.07, 6.45) is 0. The Kier molecular flexibility index (Phi) is 23.6. The van der Waals surface area contributed by atoms with Crippen molar-refractivity contribution in [2.45, 2.75) is 5.54 Å². The summed E-state index contributed by atoms with van der Waals surface area (Å²) >= 11 is 0. The topological polar surface area (TPSA) is 398 Å². The van der Waals surface area contributed by atoms with E-state index in [0.29, 0.717) is 0 Å². The first-order chi connectivity index (χ1) is 11.7. The fourth-order valence-electron chi connectivity index (χ4n) is 0.150. The highest BCUT2D eigenvalue weighted by molar-refractivity contribution is 7.45. The summed E-state index contributed by atoms with van der Waals surface area (Å²) in [6.45, 7) is -1.21. The van der Waals surface area contributed by atoms with Gasteiger partial charge in [0, 0.05) is 0 Å². The van der Waals surface area contributed by atoms with Gasteiger partial charge in [0.15, 0.2) is 0 Å². The van der Waals surface area contributed by atoms with E-state index in [4.69, 9.17) is 98.0 Å². The molecule has 0 amide bonds. The lowest BCUT2D eigenvalue weighted by molar-refractivity contribution is 0.0697. The van der Waals surface area contributed by atoms with E-state index in [0.717, 1.165) is 0 Å². The molecule has 0 aromatic heterocycles. The molecule has 0 aliphatic heterocycles. The van der Waals surface area contributed by atoms with Crippen LogP contribution in [-0.4, -0.2) is 99.4 Å². The predicted molar refractivity (Wildman–Crippen MR) is 85.2 cm³/mol. The molecule has 0 aliphatic carbocycles. The number of hydrogen-bond donors (Lipinski definition) is 16. The Morgan fingerprint density at radius 1 is 0.464 bits per heavy atom. The number of aliphatic hydroxyl groups excluding tert-OH is 3. The van der Waals surface area contributed by atoms with E-state index < -0.39 is 56.7 Å². The summed E-state index contributed by atoms with van der Waals surface area (Å²) in [4.78, 5) is 86.2. The fraction of sp³-hybridized carbons (Fsp3) is 1.00. The van der Waals surface area contributed by atoms with E-state index >= 15 is 0 Å². The van der Waals surface area contributed by atoms with Crippen molar-refractivity contribution in [3.05, 3.63) is 0 Å². The maximum Gasteiger partial charge on any atom is 0.466 e. The van der Waals surface area contributed by atoms with E-state index in [1.807, 2.05) is 0 Å². The van der Waals surface area contributed by atoms with Crippen molar-refractivity contribution in [2.24, 2.45) is 5.73 Å². The van der Waals surface area contributed by atoms with Gasteiger partial charge in [0.1, 0.15) is 0 Å². The first-order valence-electron chi connectivity index (χ1n) is 5.43.